The minimum Gasteiger partial charge on any atom is -0.385 e. The lowest BCUT2D eigenvalue weighted by Gasteiger charge is -2.08. The standard InChI is InChI=1S/C17H17Cl2N3O3/c1-25-6-2-4-21-16(23)11-3-5-20-15(7-11)17(24)22-14-9-12(18)8-13(19)10-14/h3,5,7-10H,2,4,6H2,1H3,(H,21,23)(H,22,24). The van der Waals surface area contributed by atoms with E-state index in [1.54, 1.807) is 31.4 Å². The van der Waals surface area contributed by atoms with E-state index in [0.29, 0.717) is 40.9 Å². The second-order valence-electron chi connectivity index (χ2n) is 5.14. The molecule has 0 spiro atoms. The Labute approximate surface area is 155 Å². The zero-order chi connectivity index (χ0) is 18.2. The third-order valence-electron chi connectivity index (χ3n) is 3.19. The maximum absolute atomic E-state index is 12.3. The number of pyridine rings is 1. The van der Waals surface area contributed by atoms with Crippen LogP contribution in [0.25, 0.3) is 0 Å². The number of carbonyl (C=O) groups excluding carboxylic acids is 2. The number of nitrogens with zero attached hydrogens (tertiary/aromatic N) is 1. The highest BCUT2D eigenvalue weighted by molar-refractivity contribution is 6.35. The maximum Gasteiger partial charge on any atom is 0.274 e. The Bertz CT molecular complexity index is 748. The second-order valence-corrected chi connectivity index (χ2v) is 6.02. The second kappa shape index (κ2) is 9.36. The fraction of sp³-hybridized carbons (Fsp3) is 0.235. The van der Waals surface area contributed by atoms with Gasteiger partial charge in [0.15, 0.2) is 0 Å². The fourth-order valence-corrected chi connectivity index (χ4v) is 2.56. The molecule has 8 heteroatoms. The molecule has 0 atom stereocenters. The highest BCUT2D eigenvalue weighted by atomic mass is 35.5. The van der Waals surface area contributed by atoms with Crippen LogP contribution in [-0.4, -0.2) is 37.1 Å². The molecule has 0 radical (unpaired) electrons. The van der Waals surface area contributed by atoms with Crippen molar-refractivity contribution in [2.45, 2.75) is 6.42 Å². The number of ether oxygens (including phenoxy) is 1. The number of benzene rings is 1. The van der Waals surface area contributed by atoms with Gasteiger partial charge in [0.05, 0.1) is 0 Å². The van der Waals surface area contributed by atoms with Crippen LogP contribution in [0.2, 0.25) is 10.0 Å². The summed E-state index contributed by atoms with van der Waals surface area (Å²) in [4.78, 5) is 28.4. The fourth-order valence-electron chi connectivity index (χ4n) is 2.04. The van der Waals surface area contributed by atoms with Gasteiger partial charge in [-0.1, -0.05) is 23.2 Å². The summed E-state index contributed by atoms with van der Waals surface area (Å²) >= 11 is 11.8. The predicted molar refractivity (Wildman–Crippen MR) is 97.5 cm³/mol. The Hall–Kier alpha value is -2.15. The Kier molecular flexibility index (Phi) is 7.18. The molecule has 1 aromatic carbocycles. The number of hydrogen-bond donors (Lipinski definition) is 2. The van der Waals surface area contributed by atoms with Crippen molar-refractivity contribution in [3.05, 3.63) is 57.8 Å². The van der Waals surface area contributed by atoms with Gasteiger partial charge in [0.1, 0.15) is 5.69 Å². The van der Waals surface area contributed by atoms with Crippen LogP contribution in [0.5, 0.6) is 0 Å². The topological polar surface area (TPSA) is 80.3 Å². The average molecular weight is 382 g/mol. The Morgan fingerprint density at radius 1 is 1.12 bits per heavy atom. The van der Waals surface area contributed by atoms with E-state index in [1.165, 1.54) is 12.3 Å². The Morgan fingerprint density at radius 3 is 2.52 bits per heavy atom. The van der Waals surface area contributed by atoms with Gasteiger partial charge in [0.2, 0.25) is 0 Å². The molecule has 0 aliphatic heterocycles. The molecule has 25 heavy (non-hydrogen) atoms. The highest BCUT2D eigenvalue weighted by Gasteiger charge is 2.12. The number of carbonyl (C=O) groups is 2. The number of anilines is 1. The van der Waals surface area contributed by atoms with E-state index in [4.69, 9.17) is 27.9 Å². The summed E-state index contributed by atoms with van der Waals surface area (Å²) < 4.78 is 4.92. The van der Waals surface area contributed by atoms with Crippen LogP contribution < -0.4 is 10.6 Å². The highest BCUT2D eigenvalue weighted by Crippen LogP contribution is 2.22. The average Bonchev–Trinajstić information content (AvgIpc) is 2.57. The van der Waals surface area contributed by atoms with Crippen LogP contribution in [0.1, 0.15) is 27.3 Å². The molecule has 2 rings (SSSR count). The third kappa shape index (κ3) is 6.01. The summed E-state index contributed by atoms with van der Waals surface area (Å²) in [6.07, 6.45) is 2.11. The van der Waals surface area contributed by atoms with Gasteiger partial charge in [-0.15, -0.1) is 0 Å². The minimum absolute atomic E-state index is 0.112. The zero-order valence-electron chi connectivity index (χ0n) is 13.5. The number of hydrogen-bond acceptors (Lipinski definition) is 4. The zero-order valence-corrected chi connectivity index (χ0v) is 15.0. The molecule has 0 bridgehead atoms. The van der Waals surface area contributed by atoms with E-state index in [9.17, 15) is 9.59 Å². The minimum atomic E-state index is -0.465. The molecule has 0 saturated heterocycles. The number of amides is 2. The summed E-state index contributed by atoms with van der Waals surface area (Å²) in [5.41, 5.74) is 0.904. The number of aromatic nitrogens is 1. The SMILES string of the molecule is COCCCNC(=O)c1ccnc(C(=O)Nc2cc(Cl)cc(Cl)c2)c1. The van der Waals surface area contributed by atoms with Gasteiger partial charge in [0, 0.05) is 47.8 Å². The largest absolute Gasteiger partial charge is 0.385 e. The van der Waals surface area contributed by atoms with E-state index in [1.807, 2.05) is 0 Å². The first-order valence-corrected chi connectivity index (χ1v) is 8.26. The molecule has 0 unspecified atom stereocenters. The van der Waals surface area contributed by atoms with Crippen LogP contribution >= 0.6 is 23.2 Å². The van der Waals surface area contributed by atoms with Gasteiger partial charge in [0.25, 0.3) is 11.8 Å². The molecule has 2 N–H and O–H groups in total. The van der Waals surface area contributed by atoms with Crippen molar-refractivity contribution in [2.24, 2.45) is 0 Å². The first-order valence-electron chi connectivity index (χ1n) is 7.50. The molecule has 1 aromatic heterocycles. The summed E-state index contributed by atoms with van der Waals surface area (Å²) in [7, 11) is 1.60. The molecule has 0 aliphatic carbocycles. The van der Waals surface area contributed by atoms with Crippen molar-refractivity contribution in [1.82, 2.24) is 10.3 Å². The lowest BCUT2D eigenvalue weighted by atomic mass is 10.2. The molecule has 0 fully saturated rings. The van der Waals surface area contributed by atoms with Gasteiger partial charge < -0.3 is 15.4 Å². The van der Waals surface area contributed by atoms with Crippen LogP contribution in [-0.2, 0) is 4.74 Å². The van der Waals surface area contributed by atoms with Crippen molar-refractivity contribution < 1.29 is 14.3 Å². The molecular weight excluding hydrogens is 365 g/mol. The quantitative estimate of drug-likeness (QED) is 0.720. The van der Waals surface area contributed by atoms with E-state index >= 15 is 0 Å². The summed E-state index contributed by atoms with van der Waals surface area (Å²) in [6.45, 7) is 1.05. The number of rotatable bonds is 7. The molecule has 2 aromatic rings. The van der Waals surface area contributed by atoms with Crippen molar-refractivity contribution >= 4 is 40.7 Å². The molecule has 132 valence electrons. The lowest BCUT2D eigenvalue weighted by molar-refractivity contribution is 0.0948. The number of nitrogens with one attached hydrogen (secondary N) is 2. The summed E-state index contributed by atoms with van der Waals surface area (Å²) in [5.74, 6) is -0.745. The van der Waals surface area contributed by atoms with Crippen LogP contribution in [0.3, 0.4) is 0 Å². The normalized spacial score (nSPS) is 10.4. The van der Waals surface area contributed by atoms with Crippen molar-refractivity contribution in [3.8, 4) is 0 Å². The summed E-state index contributed by atoms with van der Waals surface area (Å²) in [5, 5.41) is 6.20. The first kappa shape index (κ1) is 19.2. The van der Waals surface area contributed by atoms with Gasteiger partial charge in [-0.05, 0) is 36.8 Å². The van der Waals surface area contributed by atoms with Crippen molar-refractivity contribution in [3.63, 3.8) is 0 Å². The molecular formula is C17H17Cl2N3O3. The molecule has 0 aliphatic rings. The maximum atomic E-state index is 12.3. The monoisotopic (exact) mass is 381 g/mol. The van der Waals surface area contributed by atoms with E-state index < -0.39 is 5.91 Å². The number of halogens is 2. The van der Waals surface area contributed by atoms with Gasteiger partial charge in [-0.25, -0.2) is 0 Å². The van der Waals surface area contributed by atoms with Crippen molar-refractivity contribution in [1.29, 1.82) is 0 Å². The van der Waals surface area contributed by atoms with Crippen LogP contribution in [0.4, 0.5) is 5.69 Å². The first-order chi connectivity index (χ1) is 12.0. The van der Waals surface area contributed by atoms with E-state index in [-0.39, 0.29) is 11.6 Å². The van der Waals surface area contributed by atoms with Crippen LogP contribution in [0.15, 0.2) is 36.5 Å². The molecule has 2 amide bonds. The molecule has 1 heterocycles. The van der Waals surface area contributed by atoms with Gasteiger partial charge in [-0.2, -0.15) is 0 Å². The molecule has 0 saturated carbocycles. The summed E-state index contributed by atoms with van der Waals surface area (Å²) in [6, 6.07) is 7.66. The Balaban J connectivity index is 2.04. The van der Waals surface area contributed by atoms with E-state index in [0.717, 1.165) is 0 Å². The lowest BCUT2D eigenvalue weighted by Crippen LogP contribution is -2.25. The smallest absolute Gasteiger partial charge is 0.274 e. The van der Waals surface area contributed by atoms with E-state index in [2.05, 4.69) is 15.6 Å². The molecule has 6 nitrogen and oxygen atoms in total. The Morgan fingerprint density at radius 2 is 1.84 bits per heavy atom. The predicted octanol–water partition coefficient (Wildman–Crippen LogP) is 3.41. The van der Waals surface area contributed by atoms with Gasteiger partial charge in [-0.3, -0.25) is 14.6 Å². The van der Waals surface area contributed by atoms with Crippen LogP contribution in [0, 0.1) is 0 Å². The number of methoxy groups -OCH3 is 1. The van der Waals surface area contributed by atoms with Gasteiger partial charge >= 0.3 is 0 Å². The third-order valence-corrected chi connectivity index (χ3v) is 3.62. The van der Waals surface area contributed by atoms with Crippen molar-refractivity contribution in [2.75, 3.05) is 25.6 Å².